The monoisotopic (exact) mass is 553 g/mol. The van der Waals surface area contributed by atoms with E-state index >= 15 is 0 Å². The Morgan fingerprint density at radius 3 is 2.23 bits per heavy atom. The first kappa shape index (κ1) is 31.2. The summed E-state index contributed by atoms with van der Waals surface area (Å²) in [6.07, 6.45) is 9.37. The zero-order chi connectivity index (χ0) is 26.4. The zero-order valence-electron chi connectivity index (χ0n) is 22.6. The lowest BCUT2D eigenvalue weighted by Gasteiger charge is -2.26. The molecule has 4 aromatic rings. The maximum absolute atomic E-state index is 5.51. The number of ether oxygens (including phenoxy) is 2. The summed E-state index contributed by atoms with van der Waals surface area (Å²) >= 11 is 4.65. The minimum atomic E-state index is -0.0469. The van der Waals surface area contributed by atoms with Crippen LogP contribution in [0.5, 0.6) is 11.5 Å². The number of thiol groups is 1. The minimum absolute atomic E-state index is 0. The molecule has 0 spiro atoms. The van der Waals surface area contributed by atoms with Gasteiger partial charge in [0, 0.05) is 55.0 Å². The Hall–Kier alpha value is -3.97. The fourth-order valence-electron chi connectivity index (χ4n) is 3.83. The van der Waals surface area contributed by atoms with Gasteiger partial charge in [0.05, 0.1) is 54.6 Å². The number of nitrogens with one attached hydrogen (secondary N) is 1. The molecule has 0 saturated heterocycles. The Labute approximate surface area is 233 Å². The van der Waals surface area contributed by atoms with Gasteiger partial charge in [-0.25, -0.2) is 4.98 Å². The van der Waals surface area contributed by atoms with Gasteiger partial charge >= 0.3 is 0 Å². The molecule has 5 N–H and O–H groups in total. The van der Waals surface area contributed by atoms with Crippen molar-refractivity contribution in [1.82, 2.24) is 25.1 Å². The van der Waals surface area contributed by atoms with Crippen molar-refractivity contribution < 1.29 is 20.4 Å². The maximum Gasteiger partial charge on any atom is 0.134 e. The molecule has 1 unspecified atom stereocenters. The van der Waals surface area contributed by atoms with Crippen molar-refractivity contribution in [3.63, 3.8) is 0 Å². The highest BCUT2D eigenvalue weighted by Gasteiger charge is 2.21. The normalized spacial score (nSPS) is 13.5. The lowest BCUT2D eigenvalue weighted by atomic mass is 10.1. The van der Waals surface area contributed by atoms with Crippen LogP contribution in [0.25, 0.3) is 22.2 Å². The van der Waals surface area contributed by atoms with Crippen molar-refractivity contribution in [2.45, 2.75) is 5.25 Å². The third-order valence-electron chi connectivity index (χ3n) is 5.66. The lowest BCUT2D eigenvalue weighted by molar-refractivity contribution is 0.394. The highest BCUT2D eigenvalue weighted by molar-refractivity contribution is 7.82. The first-order valence-electron chi connectivity index (χ1n) is 11.7. The SMILES string of the molecule is CNC.COc1cc(OC)cc(N(CC2=NC=CC2S)c2ccc3ncc(-c4cnn(C)c4)cc3n2)c1.O.O. The Morgan fingerprint density at radius 1 is 0.974 bits per heavy atom. The fourth-order valence-corrected chi connectivity index (χ4v) is 4.06. The van der Waals surface area contributed by atoms with Gasteiger partial charge in [0.25, 0.3) is 0 Å². The van der Waals surface area contributed by atoms with E-state index in [9.17, 15) is 0 Å². The van der Waals surface area contributed by atoms with Gasteiger partial charge in [0.15, 0.2) is 0 Å². The van der Waals surface area contributed by atoms with Crippen LogP contribution in [0.1, 0.15) is 0 Å². The number of nitrogens with zero attached hydrogens (tertiary/aromatic N) is 6. The van der Waals surface area contributed by atoms with E-state index in [0.717, 1.165) is 39.4 Å². The van der Waals surface area contributed by atoms with Crippen LogP contribution in [0.15, 0.2) is 72.3 Å². The zero-order valence-corrected chi connectivity index (χ0v) is 23.5. The van der Waals surface area contributed by atoms with E-state index in [1.807, 2.05) is 82.2 Å². The third kappa shape index (κ3) is 7.33. The van der Waals surface area contributed by atoms with Crippen LogP contribution in [-0.2, 0) is 7.05 Å². The van der Waals surface area contributed by atoms with Crippen molar-refractivity contribution in [3.05, 3.63) is 67.3 Å². The van der Waals surface area contributed by atoms with Gasteiger partial charge in [-0.2, -0.15) is 17.7 Å². The second-order valence-corrected chi connectivity index (χ2v) is 8.95. The summed E-state index contributed by atoms with van der Waals surface area (Å²) < 4.78 is 12.8. The molecule has 11 nitrogen and oxygen atoms in total. The van der Waals surface area contributed by atoms with Crippen LogP contribution in [-0.4, -0.2) is 76.5 Å². The van der Waals surface area contributed by atoms with Gasteiger partial charge in [0.2, 0.25) is 0 Å². The third-order valence-corrected chi connectivity index (χ3v) is 6.13. The van der Waals surface area contributed by atoms with E-state index < -0.39 is 0 Å². The Bertz CT molecular complexity index is 1420. The number of aliphatic imine (C=N–C) groups is 1. The summed E-state index contributed by atoms with van der Waals surface area (Å²) in [5.41, 5.74) is 5.34. The smallest absolute Gasteiger partial charge is 0.134 e. The fraction of sp³-hybridized carbons (Fsp3) is 0.259. The van der Waals surface area contributed by atoms with Gasteiger partial charge in [-0.1, -0.05) is 0 Å². The van der Waals surface area contributed by atoms with Crippen LogP contribution < -0.4 is 19.7 Å². The molecule has 39 heavy (non-hydrogen) atoms. The standard InChI is InChI=1S/C25H24N6O2S.C2H7N.2H2O/c1-30-14-17(13-28-30)16-8-22-21(27-12-16)4-5-25(29-22)31(15-23-24(34)6-7-26-23)18-9-19(32-2)11-20(10-18)33-3;1-3-2;;/h4-14,24,34H,15H2,1-3H3;3H,1-2H3;2*1H2. The lowest BCUT2D eigenvalue weighted by Crippen LogP contribution is -2.29. The molecule has 1 atom stereocenters. The van der Waals surface area contributed by atoms with Gasteiger partial charge in [-0.15, -0.1) is 0 Å². The number of hydrogen-bond donors (Lipinski definition) is 2. The summed E-state index contributed by atoms with van der Waals surface area (Å²) in [7, 11) is 8.92. The van der Waals surface area contributed by atoms with E-state index in [0.29, 0.717) is 18.0 Å². The van der Waals surface area contributed by atoms with E-state index in [2.05, 4.69) is 37.9 Å². The molecular formula is C27H35N7O4S. The quantitative estimate of drug-likeness (QED) is 0.334. The van der Waals surface area contributed by atoms with Gasteiger partial charge in [0.1, 0.15) is 17.3 Å². The number of anilines is 2. The molecule has 0 radical (unpaired) electrons. The van der Waals surface area contributed by atoms with E-state index in [1.54, 1.807) is 25.1 Å². The minimum Gasteiger partial charge on any atom is -0.497 e. The van der Waals surface area contributed by atoms with E-state index in [-0.39, 0.29) is 16.2 Å². The van der Waals surface area contributed by atoms with Crippen molar-refractivity contribution in [2.75, 3.05) is 39.8 Å². The van der Waals surface area contributed by atoms with Crippen molar-refractivity contribution in [1.29, 1.82) is 0 Å². The summed E-state index contributed by atoms with van der Waals surface area (Å²) in [6, 6.07) is 11.7. The molecule has 1 aliphatic heterocycles. The van der Waals surface area contributed by atoms with Gasteiger partial charge in [-0.05, 0) is 38.4 Å². The molecule has 208 valence electrons. The molecule has 4 heterocycles. The van der Waals surface area contributed by atoms with Crippen molar-refractivity contribution in [2.24, 2.45) is 12.0 Å². The van der Waals surface area contributed by atoms with Crippen LogP contribution in [0.3, 0.4) is 0 Å². The predicted molar refractivity (Wildman–Crippen MR) is 160 cm³/mol. The molecule has 12 heteroatoms. The Morgan fingerprint density at radius 2 is 1.67 bits per heavy atom. The number of aryl methyl sites for hydroxylation is 1. The number of benzene rings is 1. The average molecular weight is 554 g/mol. The second kappa shape index (κ2) is 14.3. The molecule has 0 aliphatic carbocycles. The Balaban J connectivity index is 0.00000102. The van der Waals surface area contributed by atoms with Crippen LogP contribution in [0.4, 0.5) is 11.5 Å². The molecular weight excluding hydrogens is 518 g/mol. The summed E-state index contributed by atoms with van der Waals surface area (Å²) in [5, 5.41) is 6.97. The first-order chi connectivity index (χ1) is 17.9. The van der Waals surface area contributed by atoms with Crippen LogP contribution in [0.2, 0.25) is 0 Å². The molecule has 5 rings (SSSR count). The number of pyridine rings is 2. The van der Waals surface area contributed by atoms with E-state index in [4.69, 9.17) is 14.5 Å². The second-order valence-electron chi connectivity index (χ2n) is 8.40. The molecule has 3 aromatic heterocycles. The molecule has 1 aromatic carbocycles. The highest BCUT2D eigenvalue weighted by atomic mass is 32.1. The summed E-state index contributed by atoms with van der Waals surface area (Å²) in [6.45, 7) is 0.506. The highest BCUT2D eigenvalue weighted by Crippen LogP contribution is 2.33. The topological polar surface area (TPSA) is 153 Å². The van der Waals surface area contributed by atoms with Crippen LogP contribution in [0, 0.1) is 0 Å². The Kier molecular flexibility index (Phi) is 11.4. The first-order valence-corrected chi connectivity index (χ1v) is 12.2. The number of aromatic nitrogens is 4. The summed E-state index contributed by atoms with van der Waals surface area (Å²) in [4.78, 5) is 16.2. The predicted octanol–water partition coefficient (Wildman–Crippen LogP) is 2.64. The van der Waals surface area contributed by atoms with Gasteiger partial charge < -0.3 is 30.6 Å². The number of hydrogen-bond acceptors (Lipinski definition) is 9. The average Bonchev–Trinajstić information content (AvgIpc) is 3.54. The summed E-state index contributed by atoms with van der Waals surface area (Å²) in [5.74, 6) is 2.13. The number of fused-ring (bicyclic) bond motifs is 1. The van der Waals surface area contributed by atoms with Gasteiger partial charge in [-0.3, -0.25) is 14.7 Å². The van der Waals surface area contributed by atoms with Crippen LogP contribution >= 0.6 is 12.6 Å². The van der Waals surface area contributed by atoms with Crippen molar-refractivity contribution >= 4 is 40.9 Å². The van der Waals surface area contributed by atoms with Crippen molar-refractivity contribution in [3.8, 4) is 22.6 Å². The largest absolute Gasteiger partial charge is 0.497 e. The molecule has 0 saturated carbocycles. The van der Waals surface area contributed by atoms with E-state index in [1.165, 1.54) is 0 Å². The molecule has 0 fully saturated rings. The number of methoxy groups -OCH3 is 2. The number of rotatable bonds is 7. The molecule has 0 bridgehead atoms. The molecule has 0 amide bonds. The maximum atomic E-state index is 5.51. The molecule has 1 aliphatic rings.